The maximum atomic E-state index is 12.1. The number of nitrogens with one attached hydrogen (secondary N) is 1. The van der Waals surface area contributed by atoms with Gasteiger partial charge in [0, 0.05) is 0 Å². The van der Waals surface area contributed by atoms with Gasteiger partial charge in [0.1, 0.15) is 6.04 Å². The van der Waals surface area contributed by atoms with E-state index in [1.54, 1.807) is 26.0 Å². The minimum absolute atomic E-state index is 0.154. The van der Waals surface area contributed by atoms with Crippen LogP contribution in [-0.2, 0) is 24.4 Å². The van der Waals surface area contributed by atoms with Gasteiger partial charge in [-0.15, -0.1) is 0 Å². The first-order valence-corrected chi connectivity index (χ1v) is 9.45. The minimum Gasteiger partial charge on any atom is -0.480 e. The van der Waals surface area contributed by atoms with E-state index in [0.717, 1.165) is 5.56 Å². The maximum absolute atomic E-state index is 12.1. The van der Waals surface area contributed by atoms with E-state index >= 15 is 0 Å². The van der Waals surface area contributed by atoms with E-state index in [1.807, 2.05) is 6.92 Å². The van der Waals surface area contributed by atoms with E-state index < -0.39 is 46.3 Å². The average molecular weight is 499 g/mol. The molecule has 1 aromatic rings. The van der Waals surface area contributed by atoms with Crippen LogP contribution in [0.25, 0.3) is 0 Å². The molecular weight excluding hydrogens is 480 g/mol. The number of alkyl halides is 6. The molecule has 0 aromatic heterocycles. The number of aliphatic carboxylic acids is 3. The van der Waals surface area contributed by atoms with Crippen molar-refractivity contribution in [3.8, 4) is 0 Å². The van der Waals surface area contributed by atoms with Crippen LogP contribution in [0.4, 0.5) is 26.3 Å². The number of halogens is 6. The van der Waals surface area contributed by atoms with Crippen LogP contribution in [0.15, 0.2) is 17.0 Å². The fourth-order valence-corrected chi connectivity index (χ4v) is 3.58. The Bertz CT molecular complexity index is 894. The third kappa shape index (κ3) is 11.5. The molecule has 0 fully saturated rings. The monoisotopic (exact) mass is 499 g/mol. The van der Waals surface area contributed by atoms with Crippen molar-refractivity contribution < 1.29 is 64.5 Å². The van der Waals surface area contributed by atoms with Gasteiger partial charge in [-0.25, -0.2) is 18.0 Å². The number of sulfonamides is 1. The number of carboxylic acid groups (broad SMARTS) is 3. The molecular formula is C16H19F6NO8S. The van der Waals surface area contributed by atoms with Gasteiger partial charge in [-0.2, -0.15) is 31.1 Å². The maximum Gasteiger partial charge on any atom is 0.490 e. The number of benzene rings is 1. The molecule has 0 aliphatic carbocycles. The summed E-state index contributed by atoms with van der Waals surface area (Å²) in [6.45, 7) is 6.56. The molecule has 0 spiro atoms. The van der Waals surface area contributed by atoms with Gasteiger partial charge in [-0.05, 0) is 38.8 Å². The van der Waals surface area contributed by atoms with E-state index in [1.165, 1.54) is 6.92 Å². The van der Waals surface area contributed by atoms with Gasteiger partial charge in [0.05, 0.1) is 4.90 Å². The summed E-state index contributed by atoms with van der Waals surface area (Å²) in [4.78, 5) is 28.7. The van der Waals surface area contributed by atoms with Crippen molar-refractivity contribution in [3.05, 3.63) is 28.8 Å². The molecule has 0 aliphatic rings. The van der Waals surface area contributed by atoms with E-state index in [4.69, 9.17) is 24.9 Å². The highest BCUT2D eigenvalue weighted by atomic mass is 32.2. The second-order valence-electron chi connectivity index (χ2n) is 6.01. The number of carbonyl (C=O) groups is 3. The molecule has 32 heavy (non-hydrogen) atoms. The predicted octanol–water partition coefficient (Wildman–Crippen LogP) is 2.63. The second-order valence-corrected chi connectivity index (χ2v) is 7.67. The van der Waals surface area contributed by atoms with Crippen LogP contribution in [-0.4, -0.2) is 60.0 Å². The third-order valence-electron chi connectivity index (χ3n) is 3.06. The van der Waals surface area contributed by atoms with Crippen LogP contribution in [0.5, 0.6) is 0 Å². The largest absolute Gasteiger partial charge is 0.490 e. The highest BCUT2D eigenvalue weighted by Gasteiger charge is 2.38. The number of rotatable bonds is 4. The number of hydrogen-bond acceptors (Lipinski definition) is 5. The van der Waals surface area contributed by atoms with Crippen LogP contribution in [0, 0.1) is 20.8 Å². The Labute approximate surface area is 177 Å². The van der Waals surface area contributed by atoms with Gasteiger partial charge in [0.25, 0.3) is 0 Å². The molecule has 1 rings (SSSR count). The summed E-state index contributed by atoms with van der Waals surface area (Å²) in [5, 5.41) is 23.0. The summed E-state index contributed by atoms with van der Waals surface area (Å²) in [5.41, 5.74) is 2.19. The molecule has 0 radical (unpaired) electrons. The molecule has 0 saturated heterocycles. The van der Waals surface area contributed by atoms with E-state index in [9.17, 15) is 39.6 Å². The molecule has 0 unspecified atom stereocenters. The lowest BCUT2D eigenvalue weighted by Crippen LogP contribution is -2.38. The quantitative estimate of drug-likeness (QED) is 0.461. The minimum atomic E-state index is -5.08. The Morgan fingerprint density at radius 1 is 0.844 bits per heavy atom. The van der Waals surface area contributed by atoms with Gasteiger partial charge < -0.3 is 15.3 Å². The number of aryl methyl sites for hydroxylation is 3. The molecule has 4 N–H and O–H groups in total. The summed E-state index contributed by atoms with van der Waals surface area (Å²) >= 11 is 0. The lowest BCUT2D eigenvalue weighted by atomic mass is 10.1. The van der Waals surface area contributed by atoms with Crippen LogP contribution < -0.4 is 4.72 Å². The van der Waals surface area contributed by atoms with Gasteiger partial charge in [0.2, 0.25) is 10.0 Å². The van der Waals surface area contributed by atoms with E-state index in [2.05, 4.69) is 4.72 Å². The summed E-state index contributed by atoms with van der Waals surface area (Å²) in [6.07, 6.45) is -10.2. The highest BCUT2D eigenvalue weighted by Crippen LogP contribution is 2.21. The van der Waals surface area contributed by atoms with Crippen molar-refractivity contribution in [2.75, 3.05) is 0 Å². The number of hydrogen-bond donors (Lipinski definition) is 4. The summed E-state index contributed by atoms with van der Waals surface area (Å²) < 4.78 is 89.9. The van der Waals surface area contributed by atoms with Crippen molar-refractivity contribution in [3.63, 3.8) is 0 Å². The smallest absolute Gasteiger partial charge is 0.480 e. The molecule has 0 aliphatic heterocycles. The van der Waals surface area contributed by atoms with Crippen molar-refractivity contribution in [1.29, 1.82) is 0 Å². The Morgan fingerprint density at radius 3 is 1.34 bits per heavy atom. The first-order valence-electron chi connectivity index (χ1n) is 7.97. The van der Waals surface area contributed by atoms with E-state index in [-0.39, 0.29) is 4.90 Å². The van der Waals surface area contributed by atoms with Crippen molar-refractivity contribution in [1.82, 2.24) is 4.72 Å². The molecule has 1 aromatic carbocycles. The standard InChI is InChI=1S/C12H17NO4S.2C2HF3O2/c1-7-5-8(2)11(9(3)6-7)18(16,17)13-10(4)12(14)15;2*3-2(4,5)1(6)7/h5-6,10,13H,1-4H3,(H,14,15);2*(H,6,7)/t10-;;/m0../s1. The first kappa shape index (κ1) is 31.3. The normalized spacial score (nSPS) is 12.4. The van der Waals surface area contributed by atoms with Crippen LogP contribution >= 0.6 is 0 Å². The Morgan fingerprint density at radius 2 is 1.12 bits per heavy atom. The van der Waals surface area contributed by atoms with Crippen LogP contribution in [0.2, 0.25) is 0 Å². The third-order valence-corrected chi connectivity index (χ3v) is 4.91. The molecule has 1 atom stereocenters. The van der Waals surface area contributed by atoms with Crippen molar-refractivity contribution >= 4 is 27.9 Å². The summed E-state index contributed by atoms with van der Waals surface area (Å²) in [6, 6.07) is 2.36. The predicted molar refractivity (Wildman–Crippen MR) is 95.5 cm³/mol. The lowest BCUT2D eigenvalue weighted by Gasteiger charge is -2.15. The van der Waals surface area contributed by atoms with Gasteiger partial charge in [-0.3, -0.25) is 4.79 Å². The fraction of sp³-hybridized carbons (Fsp3) is 0.438. The fourth-order valence-electron chi connectivity index (χ4n) is 1.93. The molecule has 0 amide bonds. The molecule has 0 heterocycles. The lowest BCUT2D eigenvalue weighted by molar-refractivity contribution is -0.193. The SMILES string of the molecule is Cc1cc(C)c(S(=O)(=O)N[C@@H](C)C(=O)O)c(C)c1.O=C(O)C(F)(F)F.O=C(O)C(F)(F)F. The van der Waals surface area contributed by atoms with Gasteiger partial charge in [-0.1, -0.05) is 17.7 Å². The molecule has 184 valence electrons. The zero-order valence-electron chi connectivity index (χ0n) is 16.8. The van der Waals surface area contributed by atoms with Gasteiger partial charge in [0.15, 0.2) is 0 Å². The first-order chi connectivity index (χ1) is 14.0. The zero-order valence-corrected chi connectivity index (χ0v) is 17.6. The Kier molecular flexibility index (Phi) is 11.4. The molecule has 9 nitrogen and oxygen atoms in total. The average Bonchev–Trinajstić information content (AvgIpc) is 2.52. The Hall–Kier alpha value is -2.88. The molecule has 0 saturated carbocycles. The summed E-state index contributed by atoms with van der Waals surface area (Å²) in [5.74, 6) is -6.72. The van der Waals surface area contributed by atoms with Crippen LogP contribution in [0.1, 0.15) is 23.6 Å². The highest BCUT2D eigenvalue weighted by molar-refractivity contribution is 7.89. The molecule has 0 bridgehead atoms. The van der Waals surface area contributed by atoms with E-state index in [0.29, 0.717) is 11.1 Å². The van der Waals surface area contributed by atoms with Crippen molar-refractivity contribution in [2.24, 2.45) is 0 Å². The van der Waals surface area contributed by atoms with Crippen molar-refractivity contribution in [2.45, 2.75) is 51.0 Å². The topological polar surface area (TPSA) is 158 Å². The zero-order chi connectivity index (χ0) is 26.2. The summed E-state index contributed by atoms with van der Waals surface area (Å²) in [7, 11) is -3.81. The number of carboxylic acids is 3. The Balaban J connectivity index is 0. The van der Waals surface area contributed by atoms with Gasteiger partial charge >= 0.3 is 30.3 Å². The molecule has 16 heteroatoms. The second kappa shape index (κ2) is 11.7. The van der Waals surface area contributed by atoms with Crippen LogP contribution in [0.3, 0.4) is 0 Å².